The number of pyridine rings is 1. The zero-order chi connectivity index (χ0) is 15.2. The Morgan fingerprint density at radius 2 is 2.00 bits per heavy atom. The Hall–Kier alpha value is -2.89. The predicted octanol–water partition coefficient (Wildman–Crippen LogP) is 2.29. The lowest BCUT2D eigenvalue weighted by Crippen LogP contribution is -2.11. The van der Waals surface area contributed by atoms with Gasteiger partial charge in [-0.1, -0.05) is 0 Å². The van der Waals surface area contributed by atoms with E-state index in [0.29, 0.717) is 5.69 Å². The van der Waals surface area contributed by atoms with Gasteiger partial charge in [-0.3, -0.25) is 10.4 Å². The van der Waals surface area contributed by atoms with Crippen LogP contribution in [-0.2, 0) is 0 Å². The van der Waals surface area contributed by atoms with E-state index in [1.165, 1.54) is 12.1 Å². The van der Waals surface area contributed by atoms with E-state index in [-0.39, 0.29) is 5.56 Å². The summed E-state index contributed by atoms with van der Waals surface area (Å²) in [6, 6.07) is 8.28. The lowest BCUT2D eigenvalue weighted by molar-refractivity contribution is 0.0697. The first-order valence-corrected chi connectivity index (χ1v) is 6.31. The Bertz CT molecular complexity index is 651. The molecule has 0 bridgehead atoms. The largest absolute Gasteiger partial charge is 0.478 e. The van der Waals surface area contributed by atoms with Gasteiger partial charge in [-0.15, -0.1) is 0 Å². The number of carbonyl (C=O) groups is 1. The normalized spacial score (nSPS) is 10.6. The number of hydrogen-bond acceptors (Lipinski definition) is 5. The van der Waals surface area contributed by atoms with Crippen LogP contribution >= 0.6 is 0 Å². The van der Waals surface area contributed by atoms with E-state index in [0.717, 1.165) is 11.3 Å². The molecule has 2 N–H and O–H groups in total. The molecule has 0 saturated carbocycles. The Balaban J connectivity index is 2.07. The fraction of sp³-hybridized carbons (Fsp3) is 0.133. The van der Waals surface area contributed by atoms with Crippen molar-refractivity contribution in [2.75, 3.05) is 24.4 Å². The zero-order valence-electron chi connectivity index (χ0n) is 11.8. The monoisotopic (exact) mass is 284 g/mol. The molecule has 1 aromatic heterocycles. The molecule has 0 spiro atoms. The number of rotatable bonds is 5. The van der Waals surface area contributed by atoms with Crippen molar-refractivity contribution >= 4 is 23.6 Å². The Morgan fingerprint density at radius 1 is 1.29 bits per heavy atom. The summed E-state index contributed by atoms with van der Waals surface area (Å²) in [6.45, 7) is 0. The third kappa shape index (κ3) is 3.79. The highest BCUT2D eigenvalue weighted by molar-refractivity contribution is 5.89. The van der Waals surface area contributed by atoms with Crippen molar-refractivity contribution in [3.8, 4) is 0 Å². The van der Waals surface area contributed by atoms with Crippen molar-refractivity contribution in [3.05, 3.63) is 53.9 Å². The van der Waals surface area contributed by atoms with Crippen molar-refractivity contribution in [1.29, 1.82) is 0 Å². The lowest BCUT2D eigenvalue weighted by atomic mass is 10.2. The lowest BCUT2D eigenvalue weighted by Gasteiger charge is -2.14. The molecule has 0 aliphatic carbocycles. The van der Waals surface area contributed by atoms with Crippen LogP contribution in [0, 0.1) is 0 Å². The maximum Gasteiger partial charge on any atom is 0.335 e. The highest BCUT2D eigenvalue weighted by Crippen LogP contribution is 2.14. The molecule has 2 aromatic rings. The predicted molar refractivity (Wildman–Crippen MR) is 83.2 cm³/mol. The molecule has 21 heavy (non-hydrogen) atoms. The van der Waals surface area contributed by atoms with Gasteiger partial charge >= 0.3 is 5.97 Å². The highest BCUT2D eigenvalue weighted by Gasteiger charge is 2.02. The molecule has 0 aliphatic rings. The van der Waals surface area contributed by atoms with Crippen molar-refractivity contribution in [2.24, 2.45) is 5.10 Å². The molecule has 0 radical (unpaired) electrons. The number of aromatic carboxylic acids is 1. The van der Waals surface area contributed by atoms with E-state index >= 15 is 0 Å². The first-order valence-electron chi connectivity index (χ1n) is 6.31. The number of hydrazone groups is 1. The number of carboxylic acids is 1. The van der Waals surface area contributed by atoms with E-state index in [4.69, 9.17) is 5.11 Å². The van der Waals surface area contributed by atoms with Crippen LogP contribution in [0.5, 0.6) is 0 Å². The molecule has 0 aliphatic heterocycles. The molecule has 1 aromatic carbocycles. The average molecular weight is 284 g/mol. The van der Waals surface area contributed by atoms with Crippen LogP contribution in [0.1, 0.15) is 15.9 Å². The zero-order valence-corrected chi connectivity index (χ0v) is 11.8. The number of carboxylic acid groups (broad SMARTS) is 1. The van der Waals surface area contributed by atoms with Crippen molar-refractivity contribution in [2.45, 2.75) is 0 Å². The molecule has 1 heterocycles. The summed E-state index contributed by atoms with van der Waals surface area (Å²) in [4.78, 5) is 16.8. The number of nitrogens with one attached hydrogen (secondary N) is 1. The van der Waals surface area contributed by atoms with Crippen LogP contribution in [0.3, 0.4) is 0 Å². The molecular weight excluding hydrogens is 268 g/mol. The van der Waals surface area contributed by atoms with Crippen LogP contribution in [-0.4, -0.2) is 36.4 Å². The number of hydrogen-bond donors (Lipinski definition) is 2. The maximum absolute atomic E-state index is 10.8. The van der Waals surface area contributed by atoms with Gasteiger partial charge in [0.05, 0.1) is 17.5 Å². The van der Waals surface area contributed by atoms with Crippen LogP contribution in [0.15, 0.2) is 47.8 Å². The fourth-order valence-corrected chi connectivity index (χ4v) is 1.77. The van der Waals surface area contributed by atoms with Crippen LogP contribution in [0.2, 0.25) is 0 Å². The second-order valence-electron chi connectivity index (χ2n) is 4.58. The molecule has 0 atom stereocenters. The van der Waals surface area contributed by atoms with E-state index < -0.39 is 5.97 Å². The van der Waals surface area contributed by atoms with Crippen LogP contribution in [0.4, 0.5) is 11.4 Å². The third-order valence-corrected chi connectivity index (χ3v) is 2.84. The number of anilines is 2. The summed E-state index contributed by atoms with van der Waals surface area (Å²) < 4.78 is 0. The Morgan fingerprint density at radius 3 is 2.62 bits per heavy atom. The SMILES string of the molecule is CN(C)c1ccncc1C=NNc1ccc(C(=O)O)cc1. The van der Waals surface area contributed by atoms with Gasteiger partial charge in [-0.05, 0) is 30.3 Å². The minimum absolute atomic E-state index is 0.242. The van der Waals surface area contributed by atoms with Crippen molar-refractivity contribution in [3.63, 3.8) is 0 Å². The molecule has 6 nitrogen and oxygen atoms in total. The second kappa shape index (κ2) is 6.51. The first-order chi connectivity index (χ1) is 10.1. The van der Waals surface area contributed by atoms with Gasteiger partial charge in [0.1, 0.15) is 0 Å². The van der Waals surface area contributed by atoms with Crippen molar-refractivity contribution in [1.82, 2.24) is 4.98 Å². The van der Waals surface area contributed by atoms with E-state index in [1.54, 1.807) is 30.7 Å². The summed E-state index contributed by atoms with van der Waals surface area (Å²) in [5.74, 6) is -0.948. The minimum Gasteiger partial charge on any atom is -0.478 e. The third-order valence-electron chi connectivity index (χ3n) is 2.84. The summed E-state index contributed by atoms with van der Waals surface area (Å²) in [5.41, 5.74) is 5.71. The number of benzene rings is 1. The topological polar surface area (TPSA) is 77.8 Å². The van der Waals surface area contributed by atoms with Gasteiger partial charge in [-0.25, -0.2) is 4.79 Å². The summed E-state index contributed by atoms with van der Waals surface area (Å²) in [6.07, 6.45) is 5.13. The molecule has 0 saturated heterocycles. The smallest absolute Gasteiger partial charge is 0.335 e. The highest BCUT2D eigenvalue weighted by atomic mass is 16.4. The summed E-state index contributed by atoms with van der Waals surface area (Å²) >= 11 is 0. The molecule has 0 amide bonds. The fourth-order valence-electron chi connectivity index (χ4n) is 1.77. The van der Waals surface area contributed by atoms with Gasteiger partial charge in [0.15, 0.2) is 0 Å². The maximum atomic E-state index is 10.8. The molecule has 2 rings (SSSR count). The molecule has 0 unspecified atom stereocenters. The number of nitrogens with zero attached hydrogens (tertiary/aromatic N) is 3. The summed E-state index contributed by atoms with van der Waals surface area (Å²) in [5, 5.41) is 13.0. The Kier molecular flexibility index (Phi) is 4.50. The quantitative estimate of drug-likeness (QED) is 0.650. The van der Waals surface area contributed by atoms with Gasteiger partial charge in [0.25, 0.3) is 0 Å². The standard InChI is InChI=1S/C15H16N4O2/c1-19(2)14-7-8-16-9-12(14)10-17-18-13-5-3-11(4-6-13)15(20)21/h3-10,18H,1-2H3,(H,20,21). The van der Waals surface area contributed by atoms with Gasteiger partial charge in [0.2, 0.25) is 0 Å². The van der Waals surface area contributed by atoms with Crippen LogP contribution < -0.4 is 10.3 Å². The number of aromatic nitrogens is 1. The van der Waals surface area contributed by atoms with E-state index in [9.17, 15) is 4.79 Å². The summed E-state index contributed by atoms with van der Waals surface area (Å²) in [7, 11) is 3.90. The molecular formula is C15H16N4O2. The van der Waals surface area contributed by atoms with Gasteiger partial charge in [-0.2, -0.15) is 5.10 Å². The van der Waals surface area contributed by atoms with Gasteiger partial charge < -0.3 is 10.0 Å². The van der Waals surface area contributed by atoms with E-state index in [2.05, 4.69) is 15.5 Å². The molecule has 6 heteroatoms. The average Bonchev–Trinajstić information content (AvgIpc) is 2.48. The van der Waals surface area contributed by atoms with E-state index in [1.807, 2.05) is 25.1 Å². The van der Waals surface area contributed by atoms with Crippen LogP contribution in [0.25, 0.3) is 0 Å². The Labute approximate surface area is 122 Å². The van der Waals surface area contributed by atoms with Crippen molar-refractivity contribution < 1.29 is 9.90 Å². The van der Waals surface area contributed by atoms with Gasteiger partial charge in [0, 0.05) is 37.7 Å². The second-order valence-corrected chi connectivity index (χ2v) is 4.58. The first kappa shape index (κ1) is 14.5. The minimum atomic E-state index is -0.948. The molecule has 0 fully saturated rings. The molecule has 108 valence electrons.